The Morgan fingerprint density at radius 3 is 2.58 bits per heavy atom. The molecular weight excluding hydrogens is 433 g/mol. The largest absolute Gasteiger partial charge is 1.00 e. The van der Waals surface area contributed by atoms with Crippen LogP contribution in [-0.4, -0.2) is 62.8 Å². The van der Waals surface area contributed by atoms with Gasteiger partial charge in [-0.1, -0.05) is 12.1 Å². The van der Waals surface area contributed by atoms with Crippen molar-refractivity contribution in [3.63, 3.8) is 0 Å². The number of aliphatic carboxylic acids is 1. The van der Waals surface area contributed by atoms with Crippen LogP contribution in [-0.2, 0) is 19.1 Å². The maximum atomic E-state index is 13.1. The summed E-state index contributed by atoms with van der Waals surface area (Å²) in [4.78, 5) is 38.6. The van der Waals surface area contributed by atoms with E-state index in [0.29, 0.717) is 12.2 Å². The Morgan fingerprint density at radius 2 is 2.00 bits per heavy atom. The van der Waals surface area contributed by atoms with Crippen LogP contribution in [0.25, 0.3) is 0 Å². The molecule has 3 aliphatic rings. The maximum absolute atomic E-state index is 13.1. The average molecular weight is 457 g/mol. The molecule has 0 aromatic heterocycles. The van der Waals surface area contributed by atoms with Crippen LogP contribution in [0.15, 0.2) is 24.3 Å². The van der Waals surface area contributed by atoms with Crippen molar-refractivity contribution in [3.05, 3.63) is 29.8 Å². The van der Waals surface area contributed by atoms with Crippen molar-refractivity contribution in [2.24, 2.45) is 0 Å². The summed E-state index contributed by atoms with van der Waals surface area (Å²) in [5, 5.41) is 26.6. The van der Waals surface area contributed by atoms with Crippen molar-refractivity contribution in [2.75, 3.05) is 6.61 Å². The molecule has 2 unspecified atom stereocenters. The number of aromatic hydroxyl groups is 1. The van der Waals surface area contributed by atoms with E-state index in [1.54, 1.807) is 26.0 Å². The molecule has 11 heteroatoms. The topological polar surface area (TPSA) is 131 Å². The number of thioether (sulfide) groups is 1. The fraction of sp³-hybridized carbons (Fsp3) is 0.550. The molecule has 162 valence electrons. The fourth-order valence-electron chi connectivity index (χ4n) is 4.25. The van der Waals surface area contributed by atoms with Crippen LogP contribution in [0.3, 0.4) is 0 Å². The monoisotopic (exact) mass is 457 g/mol. The molecule has 9 nitrogen and oxygen atoms in total. The number of rotatable bonds is 6. The maximum Gasteiger partial charge on any atom is 1.00 e. The first-order chi connectivity index (χ1) is 14.2. The Bertz CT molecular complexity index is 861. The normalized spacial score (nSPS) is 29.5. The molecule has 0 spiro atoms. The van der Waals surface area contributed by atoms with Crippen LogP contribution in [0.5, 0.6) is 5.75 Å². The van der Waals surface area contributed by atoms with E-state index in [1.165, 1.54) is 28.8 Å². The van der Waals surface area contributed by atoms with Crippen LogP contribution in [0.4, 0.5) is 0 Å². The molecule has 3 fully saturated rings. The zero-order valence-electron chi connectivity index (χ0n) is 17.7. The molecule has 0 radical (unpaired) electrons. The Labute approximate surface area is 206 Å². The zero-order chi connectivity index (χ0) is 21.6. The minimum atomic E-state index is -1.30. The van der Waals surface area contributed by atoms with Crippen LogP contribution in [0.1, 0.15) is 38.3 Å². The van der Waals surface area contributed by atoms with Gasteiger partial charge in [0.15, 0.2) is 0 Å². The van der Waals surface area contributed by atoms with Gasteiger partial charge >= 0.3 is 29.6 Å². The van der Waals surface area contributed by atoms with Crippen molar-refractivity contribution >= 4 is 29.5 Å². The van der Waals surface area contributed by atoms with Crippen molar-refractivity contribution in [1.82, 2.24) is 15.5 Å². The van der Waals surface area contributed by atoms with Gasteiger partial charge < -0.3 is 30.0 Å². The van der Waals surface area contributed by atoms with E-state index in [0.717, 1.165) is 12.8 Å². The molecule has 1 aromatic carbocycles. The summed E-state index contributed by atoms with van der Waals surface area (Å²) in [6, 6.07) is 3.62. The summed E-state index contributed by atoms with van der Waals surface area (Å²) in [5.41, 5.74) is 0.622. The number of phenols is 1. The number of nitrogens with one attached hydrogen (secondary N) is 2. The number of β-lactam (4-membered cyclic amide) rings is 1. The summed E-state index contributed by atoms with van der Waals surface area (Å²) in [5.74, 6) is -2.06. The van der Waals surface area contributed by atoms with Crippen LogP contribution in [0.2, 0.25) is 0 Å². The Hall–Kier alpha value is -1.30. The van der Waals surface area contributed by atoms with E-state index in [2.05, 4.69) is 10.6 Å². The molecular formula is C20H24N3NaO6S. The molecule has 31 heavy (non-hydrogen) atoms. The second kappa shape index (κ2) is 9.29. The van der Waals surface area contributed by atoms with Crippen LogP contribution < -0.4 is 45.3 Å². The van der Waals surface area contributed by atoms with Crippen molar-refractivity contribution in [1.29, 1.82) is 0 Å². The Morgan fingerprint density at radius 1 is 1.32 bits per heavy atom. The molecule has 5 atom stereocenters. The Kier molecular flexibility index (Phi) is 7.29. The molecule has 0 saturated carbocycles. The average Bonchev–Trinajstić information content (AvgIpc) is 3.28. The van der Waals surface area contributed by atoms with E-state index < -0.39 is 46.0 Å². The number of fused-ring (bicyclic) bond motifs is 1. The SMILES string of the molecule is CC1(C)S[C@@H]2[C@H](NC(=O)C(NC3CCCO3)c3ccc(O)cc3)C(=O)N2[C@H]1C(=O)[O-].[Na+]. The van der Waals surface area contributed by atoms with Gasteiger partial charge in [0.1, 0.15) is 29.4 Å². The number of amides is 2. The summed E-state index contributed by atoms with van der Waals surface area (Å²) in [6.07, 6.45) is 1.36. The predicted octanol–water partition coefficient (Wildman–Crippen LogP) is -3.54. The number of carboxylic acid groups (broad SMARTS) is 1. The first kappa shape index (κ1) is 24.3. The van der Waals surface area contributed by atoms with Gasteiger partial charge in [-0.05, 0) is 44.4 Å². The Balaban J connectivity index is 0.00000272. The molecule has 2 amide bonds. The number of carboxylic acids is 1. The minimum Gasteiger partial charge on any atom is -0.548 e. The molecule has 1 aromatic rings. The van der Waals surface area contributed by atoms with Gasteiger partial charge in [0.05, 0.1) is 12.0 Å². The van der Waals surface area contributed by atoms with Gasteiger partial charge in [-0.25, -0.2) is 0 Å². The van der Waals surface area contributed by atoms with Gasteiger partial charge in [-0.15, -0.1) is 11.8 Å². The minimum absolute atomic E-state index is 0. The predicted molar refractivity (Wildman–Crippen MR) is 106 cm³/mol. The zero-order valence-corrected chi connectivity index (χ0v) is 20.5. The number of nitrogens with zero attached hydrogens (tertiary/aromatic N) is 1. The number of phenolic OH excluding ortho intramolecular Hbond substituents is 1. The number of ether oxygens (including phenoxy) is 1. The third-order valence-electron chi connectivity index (χ3n) is 5.73. The van der Waals surface area contributed by atoms with Crippen molar-refractivity contribution in [3.8, 4) is 5.75 Å². The molecule has 3 N–H and O–H groups in total. The van der Waals surface area contributed by atoms with Crippen molar-refractivity contribution in [2.45, 2.75) is 61.2 Å². The molecule has 3 heterocycles. The first-order valence-corrected chi connectivity index (χ1v) is 10.7. The quantitative estimate of drug-likeness (QED) is 0.296. The van der Waals surface area contributed by atoms with Gasteiger partial charge in [0.25, 0.3) is 0 Å². The number of hydrogen-bond donors (Lipinski definition) is 3. The third kappa shape index (κ3) is 4.60. The molecule has 3 saturated heterocycles. The molecule has 3 aliphatic heterocycles. The molecule has 0 aliphatic carbocycles. The number of carbonyl (C=O) groups is 3. The third-order valence-corrected chi connectivity index (χ3v) is 7.30. The van der Waals surface area contributed by atoms with E-state index >= 15 is 0 Å². The second-order valence-corrected chi connectivity index (χ2v) is 10.0. The van der Waals surface area contributed by atoms with E-state index in [1.807, 2.05) is 0 Å². The second-order valence-electron chi connectivity index (χ2n) is 8.26. The van der Waals surface area contributed by atoms with Gasteiger partial charge in [0, 0.05) is 11.4 Å². The fourth-order valence-corrected chi connectivity index (χ4v) is 5.87. The van der Waals surface area contributed by atoms with Gasteiger partial charge in [0.2, 0.25) is 11.8 Å². The standard InChI is InChI=1S/C20H25N3O6S.Na/c1-20(2)15(19(27)28)23-17(26)14(18(23)30-20)22-16(25)13(21-12-4-3-9-29-12)10-5-7-11(24)8-6-10;/h5-8,12-15,18,21,24H,3-4,9H2,1-2H3,(H,22,25)(H,27,28);/q;+1/p-1/t12?,13?,14-,15+,18-;/m1./s1. The van der Waals surface area contributed by atoms with Crippen LogP contribution in [0, 0.1) is 0 Å². The van der Waals surface area contributed by atoms with Crippen LogP contribution >= 0.6 is 11.8 Å². The summed E-state index contributed by atoms with van der Waals surface area (Å²) in [7, 11) is 0. The summed E-state index contributed by atoms with van der Waals surface area (Å²) < 4.78 is 4.87. The van der Waals surface area contributed by atoms with E-state index in [-0.39, 0.29) is 41.5 Å². The summed E-state index contributed by atoms with van der Waals surface area (Å²) >= 11 is 1.34. The molecule has 4 rings (SSSR count). The van der Waals surface area contributed by atoms with Gasteiger partial charge in [-0.2, -0.15) is 0 Å². The van der Waals surface area contributed by atoms with Gasteiger partial charge in [-0.3, -0.25) is 14.9 Å². The smallest absolute Gasteiger partial charge is 0.548 e. The number of hydrogen-bond acceptors (Lipinski definition) is 8. The first-order valence-electron chi connectivity index (χ1n) is 9.87. The number of carbonyl (C=O) groups excluding carboxylic acids is 3. The van der Waals surface area contributed by atoms with E-state index in [4.69, 9.17) is 4.74 Å². The molecule has 0 bridgehead atoms. The summed E-state index contributed by atoms with van der Waals surface area (Å²) in [6.45, 7) is 4.11. The van der Waals surface area contributed by atoms with E-state index in [9.17, 15) is 24.6 Å². The van der Waals surface area contributed by atoms with Crippen molar-refractivity contribution < 1.29 is 58.9 Å². The number of benzene rings is 1.